The second kappa shape index (κ2) is 9.71. The Bertz CT molecular complexity index is 325. The van der Waals surface area contributed by atoms with Crippen molar-refractivity contribution in [3.8, 4) is 0 Å². The topological polar surface area (TPSA) is 3.24 Å². The van der Waals surface area contributed by atoms with Crippen molar-refractivity contribution >= 4 is 0 Å². The van der Waals surface area contributed by atoms with Crippen molar-refractivity contribution in [2.45, 2.75) is 33.7 Å². The maximum atomic E-state index is 3.80. The molecule has 1 aromatic carbocycles. The van der Waals surface area contributed by atoms with Gasteiger partial charge in [-0.3, -0.25) is 0 Å². The number of hydrogen-bond acceptors (Lipinski definition) is 1. The minimum atomic E-state index is 0.943. The van der Waals surface area contributed by atoms with Gasteiger partial charge in [0.15, 0.2) is 0 Å². The summed E-state index contributed by atoms with van der Waals surface area (Å²) in [5.74, 6) is 0. The van der Waals surface area contributed by atoms with Crippen LogP contribution >= 0.6 is 0 Å². The van der Waals surface area contributed by atoms with E-state index in [0.29, 0.717) is 0 Å². The van der Waals surface area contributed by atoms with Gasteiger partial charge in [0.2, 0.25) is 0 Å². The molecule has 1 rings (SSSR count). The van der Waals surface area contributed by atoms with Crippen LogP contribution in [-0.4, -0.2) is 11.9 Å². The number of rotatable bonds is 5. The van der Waals surface area contributed by atoms with Gasteiger partial charge in [-0.05, 0) is 17.6 Å². The molecule has 0 atom stereocenters. The molecule has 0 aliphatic rings. The Labute approximate surface area is 106 Å². The summed E-state index contributed by atoms with van der Waals surface area (Å²) >= 11 is 0. The normalized spacial score (nSPS) is 10.2. The summed E-state index contributed by atoms with van der Waals surface area (Å²) in [7, 11) is 2.09. The van der Waals surface area contributed by atoms with Crippen LogP contribution in [0.15, 0.2) is 54.8 Å². The zero-order chi connectivity index (χ0) is 13.1. The van der Waals surface area contributed by atoms with Gasteiger partial charge in [0.25, 0.3) is 0 Å². The molecule has 1 aromatic rings. The maximum Gasteiger partial charge on any atom is 0.0420 e. The molecule has 1 heteroatoms. The van der Waals surface area contributed by atoms with E-state index < -0.39 is 0 Å². The Balaban J connectivity index is 0.00000121. The van der Waals surface area contributed by atoms with E-state index in [0.717, 1.165) is 13.0 Å². The lowest BCUT2D eigenvalue weighted by Crippen LogP contribution is -2.10. The predicted octanol–water partition coefficient (Wildman–Crippen LogP) is 4.62. The van der Waals surface area contributed by atoms with Crippen molar-refractivity contribution in [2.24, 2.45) is 0 Å². The van der Waals surface area contributed by atoms with Crippen LogP contribution in [0.25, 0.3) is 0 Å². The maximum absolute atomic E-state index is 3.80. The molecule has 0 heterocycles. The quantitative estimate of drug-likeness (QED) is 0.668. The average molecular weight is 231 g/mol. The van der Waals surface area contributed by atoms with Crippen molar-refractivity contribution in [3.05, 3.63) is 60.3 Å². The molecule has 94 valence electrons. The summed E-state index contributed by atoms with van der Waals surface area (Å²) in [5, 5.41) is 0. The van der Waals surface area contributed by atoms with Crippen LogP contribution in [0.4, 0.5) is 0 Å². The fourth-order valence-corrected chi connectivity index (χ4v) is 1.49. The molecule has 0 fully saturated rings. The lowest BCUT2D eigenvalue weighted by molar-refractivity contribution is 0.447. The Morgan fingerprint density at radius 1 is 1.24 bits per heavy atom. The highest BCUT2D eigenvalue weighted by molar-refractivity contribution is 5.17. The van der Waals surface area contributed by atoms with Gasteiger partial charge in [0, 0.05) is 19.8 Å². The first-order chi connectivity index (χ1) is 8.26. The lowest BCUT2D eigenvalue weighted by Gasteiger charge is -2.15. The van der Waals surface area contributed by atoms with Gasteiger partial charge in [0.1, 0.15) is 0 Å². The van der Waals surface area contributed by atoms with Crippen LogP contribution in [0, 0.1) is 0 Å². The molecule has 1 nitrogen and oxygen atoms in total. The van der Waals surface area contributed by atoms with E-state index in [2.05, 4.69) is 55.9 Å². The molecule has 0 unspecified atom stereocenters. The molecule has 0 amide bonds. The zero-order valence-electron chi connectivity index (χ0n) is 11.6. The number of nitrogens with zero attached hydrogens (tertiary/aromatic N) is 1. The van der Waals surface area contributed by atoms with E-state index >= 15 is 0 Å². The van der Waals surface area contributed by atoms with Crippen molar-refractivity contribution in [2.75, 3.05) is 7.05 Å². The standard InChI is InChI=1S/C14H19N.C2H6/c1-4-13(5-2)11-15(3)12-14-9-7-6-8-10-14;1-2/h4,6-11H,1,5,12H2,2-3H3;1-2H3/b13-11+;. The van der Waals surface area contributed by atoms with Crippen molar-refractivity contribution in [1.82, 2.24) is 4.90 Å². The fraction of sp³-hybridized carbons (Fsp3) is 0.375. The van der Waals surface area contributed by atoms with E-state index in [1.807, 2.05) is 26.0 Å². The molecule has 0 spiro atoms. The summed E-state index contributed by atoms with van der Waals surface area (Å²) in [4.78, 5) is 2.19. The molecule has 0 saturated heterocycles. The molecule has 0 radical (unpaired) electrons. The first kappa shape index (κ1) is 15.5. The summed E-state index contributed by atoms with van der Waals surface area (Å²) in [6.45, 7) is 10.9. The summed E-state index contributed by atoms with van der Waals surface area (Å²) < 4.78 is 0. The minimum absolute atomic E-state index is 0.943. The highest BCUT2D eigenvalue weighted by Gasteiger charge is 1.95. The van der Waals surface area contributed by atoms with Gasteiger partial charge in [0.05, 0.1) is 0 Å². The van der Waals surface area contributed by atoms with E-state index in [-0.39, 0.29) is 0 Å². The molecule has 0 bridgehead atoms. The SMILES string of the molecule is C=C/C(=C\N(C)Cc1ccccc1)CC.CC. The first-order valence-electron chi connectivity index (χ1n) is 6.33. The first-order valence-corrected chi connectivity index (χ1v) is 6.33. The monoisotopic (exact) mass is 231 g/mol. The number of benzene rings is 1. The second-order valence-electron chi connectivity index (χ2n) is 3.66. The van der Waals surface area contributed by atoms with E-state index in [1.165, 1.54) is 11.1 Å². The third kappa shape index (κ3) is 6.62. The van der Waals surface area contributed by atoms with Crippen LogP contribution in [0.1, 0.15) is 32.8 Å². The molecule has 0 aliphatic heterocycles. The van der Waals surface area contributed by atoms with Crippen LogP contribution < -0.4 is 0 Å². The average Bonchev–Trinajstić information content (AvgIpc) is 2.39. The fourth-order valence-electron chi connectivity index (χ4n) is 1.49. The van der Waals surface area contributed by atoms with Crippen molar-refractivity contribution in [1.29, 1.82) is 0 Å². The molecule has 0 aromatic heterocycles. The number of allylic oxidation sites excluding steroid dienone is 2. The molecular weight excluding hydrogens is 206 g/mol. The van der Waals surface area contributed by atoms with E-state index in [1.54, 1.807) is 0 Å². The van der Waals surface area contributed by atoms with Crippen molar-refractivity contribution in [3.63, 3.8) is 0 Å². The number of hydrogen-bond donors (Lipinski definition) is 0. The van der Waals surface area contributed by atoms with Gasteiger partial charge >= 0.3 is 0 Å². The molecule has 17 heavy (non-hydrogen) atoms. The lowest BCUT2D eigenvalue weighted by atomic mass is 10.2. The molecule has 0 saturated carbocycles. The predicted molar refractivity (Wildman–Crippen MR) is 77.8 cm³/mol. The third-order valence-corrected chi connectivity index (χ3v) is 2.33. The second-order valence-corrected chi connectivity index (χ2v) is 3.66. The smallest absolute Gasteiger partial charge is 0.0420 e. The summed E-state index contributed by atoms with van der Waals surface area (Å²) in [5.41, 5.74) is 2.60. The van der Waals surface area contributed by atoms with Gasteiger partial charge in [-0.1, -0.05) is 63.8 Å². The van der Waals surface area contributed by atoms with Crippen LogP contribution in [0.5, 0.6) is 0 Å². The van der Waals surface area contributed by atoms with Crippen molar-refractivity contribution < 1.29 is 0 Å². The Kier molecular flexibility index (Phi) is 8.85. The zero-order valence-corrected chi connectivity index (χ0v) is 11.6. The molecule has 0 N–H and O–H groups in total. The summed E-state index contributed by atoms with van der Waals surface area (Å²) in [6, 6.07) is 10.5. The Hall–Kier alpha value is -1.50. The highest BCUT2D eigenvalue weighted by Crippen LogP contribution is 2.07. The summed E-state index contributed by atoms with van der Waals surface area (Å²) in [6.07, 6.45) is 5.10. The Morgan fingerprint density at radius 2 is 1.82 bits per heavy atom. The van der Waals surface area contributed by atoms with Gasteiger partial charge in [-0.15, -0.1) is 0 Å². The van der Waals surface area contributed by atoms with E-state index in [9.17, 15) is 0 Å². The molecular formula is C16H25N. The molecule has 0 aliphatic carbocycles. The van der Waals surface area contributed by atoms with Gasteiger partial charge in [-0.25, -0.2) is 0 Å². The Morgan fingerprint density at radius 3 is 2.29 bits per heavy atom. The minimum Gasteiger partial charge on any atom is -0.376 e. The third-order valence-electron chi connectivity index (χ3n) is 2.33. The highest BCUT2D eigenvalue weighted by atomic mass is 15.1. The van der Waals surface area contributed by atoms with E-state index in [4.69, 9.17) is 0 Å². The van der Waals surface area contributed by atoms with Crippen LogP contribution in [0.2, 0.25) is 0 Å². The van der Waals surface area contributed by atoms with Crippen LogP contribution in [0.3, 0.4) is 0 Å². The van der Waals surface area contributed by atoms with Gasteiger partial charge < -0.3 is 4.90 Å². The van der Waals surface area contributed by atoms with Gasteiger partial charge in [-0.2, -0.15) is 0 Å². The van der Waals surface area contributed by atoms with Crippen LogP contribution in [-0.2, 0) is 6.54 Å². The largest absolute Gasteiger partial charge is 0.376 e.